The van der Waals surface area contributed by atoms with Gasteiger partial charge in [0.2, 0.25) is 5.91 Å². The number of nitrogens with zero attached hydrogens (tertiary/aromatic N) is 4. The molecule has 146 valence electrons. The van der Waals surface area contributed by atoms with Crippen molar-refractivity contribution in [1.29, 1.82) is 0 Å². The second kappa shape index (κ2) is 7.88. The number of imidazole rings is 1. The molecule has 0 bridgehead atoms. The number of amides is 1. The third-order valence-electron chi connectivity index (χ3n) is 5.14. The summed E-state index contributed by atoms with van der Waals surface area (Å²) in [4.78, 5) is 32.1. The Labute approximate surface area is 163 Å². The zero-order valence-corrected chi connectivity index (χ0v) is 16.1. The normalized spacial score (nSPS) is 14.0. The van der Waals surface area contributed by atoms with Gasteiger partial charge in [-0.1, -0.05) is 19.1 Å². The number of nitrogens with one attached hydrogen (secondary N) is 1. The van der Waals surface area contributed by atoms with E-state index in [4.69, 9.17) is 0 Å². The van der Waals surface area contributed by atoms with E-state index in [9.17, 15) is 9.59 Å². The van der Waals surface area contributed by atoms with E-state index in [2.05, 4.69) is 15.2 Å². The van der Waals surface area contributed by atoms with E-state index in [1.165, 1.54) is 17.4 Å². The minimum absolute atomic E-state index is 0.0239. The van der Waals surface area contributed by atoms with Gasteiger partial charge in [-0.25, -0.2) is 9.78 Å². The van der Waals surface area contributed by atoms with Gasteiger partial charge in [0.15, 0.2) is 0 Å². The van der Waals surface area contributed by atoms with Crippen LogP contribution < -0.4 is 15.9 Å². The predicted octanol–water partition coefficient (Wildman–Crippen LogP) is 2.85. The first-order valence-electron chi connectivity index (χ1n) is 9.86. The first-order valence-corrected chi connectivity index (χ1v) is 9.86. The number of rotatable bonds is 6. The number of hydrogen-bond donors (Lipinski definition) is 1. The highest BCUT2D eigenvalue weighted by Gasteiger charge is 2.16. The molecule has 0 atom stereocenters. The van der Waals surface area contributed by atoms with Crippen LogP contribution in [-0.4, -0.2) is 33.1 Å². The average Bonchev–Trinajstić information content (AvgIpc) is 3.33. The lowest BCUT2D eigenvalue weighted by molar-refractivity contribution is -0.116. The minimum Gasteiger partial charge on any atom is -0.357 e. The number of pyridine rings is 1. The van der Waals surface area contributed by atoms with Crippen LogP contribution in [0.1, 0.15) is 26.2 Å². The van der Waals surface area contributed by atoms with Crippen molar-refractivity contribution in [3.8, 4) is 0 Å². The molecule has 3 heterocycles. The van der Waals surface area contributed by atoms with Gasteiger partial charge in [0, 0.05) is 19.6 Å². The summed E-state index contributed by atoms with van der Waals surface area (Å²) < 4.78 is 3.27. The van der Waals surface area contributed by atoms with Gasteiger partial charge in [-0.05, 0) is 43.5 Å². The molecular formula is C21H25N5O2. The summed E-state index contributed by atoms with van der Waals surface area (Å²) in [5, 5.41) is 2.85. The van der Waals surface area contributed by atoms with Crippen LogP contribution in [0.3, 0.4) is 0 Å². The molecule has 1 fully saturated rings. The number of para-hydroxylation sites is 2. The summed E-state index contributed by atoms with van der Waals surface area (Å²) in [6.07, 6.45) is 4.92. The van der Waals surface area contributed by atoms with E-state index >= 15 is 0 Å². The Morgan fingerprint density at radius 1 is 1.07 bits per heavy atom. The quantitative estimate of drug-likeness (QED) is 0.715. The Bertz CT molecular complexity index is 1030. The summed E-state index contributed by atoms with van der Waals surface area (Å²) in [5.41, 5.74) is 2.12. The van der Waals surface area contributed by atoms with Crippen molar-refractivity contribution < 1.29 is 4.79 Å². The van der Waals surface area contributed by atoms with Crippen molar-refractivity contribution in [2.24, 2.45) is 0 Å². The molecule has 3 aromatic rings. The number of fused-ring (bicyclic) bond motifs is 1. The molecule has 28 heavy (non-hydrogen) atoms. The van der Waals surface area contributed by atoms with Gasteiger partial charge in [-0.2, -0.15) is 0 Å². The molecule has 0 unspecified atom stereocenters. The highest BCUT2D eigenvalue weighted by atomic mass is 16.2. The van der Waals surface area contributed by atoms with E-state index < -0.39 is 0 Å². The van der Waals surface area contributed by atoms with Crippen LogP contribution in [0.5, 0.6) is 0 Å². The van der Waals surface area contributed by atoms with Crippen LogP contribution in [0.4, 0.5) is 11.5 Å². The third-order valence-corrected chi connectivity index (χ3v) is 5.14. The van der Waals surface area contributed by atoms with E-state index in [0.29, 0.717) is 12.2 Å². The van der Waals surface area contributed by atoms with E-state index in [-0.39, 0.29) is 18.1 Å². The van der Waals surface area contributed by atoms with Gasteiger partial charge in [-0.15, -0.1) is 0 Å². The molecule has 1 aromatic carbocycles. The molecular weight excluding hydrogens is 354 g/mol. The first-order chi connectivity index (χ1) is 13.7. The SMILES string of the molecule is CCCn1c(=O)n(CC(=O)Nc2ccc(N3CCCC3)nc2)c2ccccc21. The second-order valence-electron chi connectivity index (χ2n) is 7.16. The van der Waals surface area contributed by atoms with E-state index in [1.54, 1.807) is 10.8 Å². The number of aryl methyl sites for hydroxylation is 1. The molecule has 0 spiro atoms. The molecule has 7 nitrogen and oxygen atoms in total. The van der Waals surface area contributed by atoms with Crippen molar-refractivity contribution in [3.63, 3.8) is 0 Å². The second-order valence-corrected chi connectivity index (χ2v) is 7.16. The smallest absolute Gasteiger partial charge is 0.329 e. The number of carbonyl (C=O) groups is 1. The number of aromatic nitrogens is 3. The van der Waals surface area contributed by atoms with Crippen LogP contribution in [-0.2, 0) is 17.9 Å². The molecule has 1 amide bonds. The Hall–Kier alpha value is -3.09. The van der Waals surface area contributed by atoms with E-state index in [1.807, 2.05) is 43.3 Å². The largest absolute Gasteiger partial charge is 0.357 e. The number of anilines is 2. The van der Waals surface area contributed by atoms with Gasteiger partial charge in [0.25, 0.3) is 0 Å². The predicted molar refractivity (Wildman–Crippen MR) is 111 cm³/mol. The molecule has 1 saturated heterocycles. The lowest BCUT2D eigenvalue weighted by Crippen LogP contribution is -2.29. The molecule has 0 radical (unpaired) electrons. The van der Waals surface area contributed by atoms with Crippen LogP contribution in [0, 0.1) is 0 Å². The fourth-order valence-corrected chi connectivity index (χ4v) is 3.80. The third kappa shape index (κ3) is 3.52. The van der Waals surface area contributed by atoms with Crippen LogP contribution in [0.25, 0.3) is 11.0 Å². The number of benzene rings is 1. The van der Waals surface area contributed by atoms with Gasteiger partial charge in [0.05, 0.1) is 22.9 Å². The molecule has 0 saturated carbocycles. The Balaban J connectivity index is 1.51. The zero-order valence-electron chi connectivity index (χ0n) is 16.1. The summed E-state index contributed by atoms with van der Waals surface area (Å²) in [5.74, 6) is 0.701. The maximum Gasteiger partial charge on any atom is 0.329 e. The molecule has 1 aliphatic heterocycles. The standard InChI is InChI=1S/C21H25N5O2/c1-2-11-25-17-7-3-4-8-18(17)26(21(25)28)15-20(27)23-16-9-10-19(22-14-16)24-12-5-6-13-24/h3-4,7-10,14H,2,5-6,11-13,15H2,1H3,(H,23,27). The van der Waals surface area contributed by atoms with Gasteiger partial charge >= 0.3 is 5.69 Å². The average molecular weight is 379 g/mol. The van der Waals surface area contributed by atoms with Crippen LogP contribution >= 0.6 is 0 Å². The van der Waals surface area contributed by atoms with Crippen molar-refractivity contribution in [3.05, 3.63) is 53.1 Å². The van der Waals surface area contributed by atoms with Crippen molar-refractivity contribution in [1.82, 2.24) is 14.1 Å². The van der Waals surface area contributed by atoms with Crippen molar-refractivity contribution in [2.45, 2.75) is 39.3 Å². The van der Waals surface area contributed by atoms with Gasteiger partial charge in [0.1, 0.15) is 12.4 Å². The molecule has 4 rings (SSSR count). The highest BCUT2D eigenvalue weighted by molar-refractivity contribution is 5.91. The fourth-order valence-electron chi connectivity index (χ4n) is 3.80. The maximum absolute atomic E-state index is 12.8. The Kier molecular flexibility index (Phi) is 5.14. The highest BCUT2D eigenvalue weighted by Crippen LogP contribution is 2.19. The lowest BCUT2D eigenvalue weighted by Gasteiger charge is -2.16. The summed E-state index contributed by atoms with van der Waals surface area (Å²) >= 11 is 0. The fraction of sp³-hybridized carbons (Fsp3) is 0.381. The molecule has 1 aliphatic rings. The number of hydrogen-bond acceptors (Lipinski definition) is 4. The van der Waals surface area contributed by atoms with Crippen LogP contribution in [0.15, 0.2) is 47.4 Å². The molecule has 1 N–H and O–H groups in total. The lowest BCUT2D eigenvalue weighted by atomic mass is 10.3. The van der Waals surface area contributed by atoms with Gasteiger partial charge < -0.3 is 10.2 Å². The summed E-state index contributed by atoms with van der Waals surface area (Å²) in [7, 11) is 0. The zero-order chi connectivity index (χ0) is 19.5. The molecule has 0 aliphatic carbocycles. The first kappa shape index (κ1) is 18.3. The maximum atomic E-state index is 12.8. The van der Waals surface area contributed by atoms with Gasteiger partial charge in [-0.3, -0.25) is 13.9 Å². The molecule has 2 aromatic heterocycles. The van der Waals surface area contributed by atoms with Crippen molar-refractivity contribution >= 4 is 28.4 Å². The van der Waals surface area contributed by atoms with E-state index in [0.717, 1.165) is 36.4 Å². The Morgan fingerprint density at radius 3 is 2.43 bits per heavy atom. The monoisotopic (exact) mass is 379 g/mol. The molecule has 7 heteroatoms. The van der Waals surface area contributed by atoms with Crippen molar-refractivity contribution in [2.75, 3.05) is 23.3 Å². The van der Waals surface area contributed by atoms with Crippen LogP contribution in [0.2, 0.25) is 0 Å². The summed E-state index contributed by atoms with van der Waals surface area (Å²) in [6.45, 7) is 4.71. The summed E-state index contributed by atoms with van der Waals surface area (Å²) in [6, 6.07) is 11.4. The Morgan fingerprint density at radius 2 is 1.79 bits per heavy atom. The minimum atomic E-state index is -0.239. The topological polar surface area (TPSA) is 72.2 Å². The number of carbonyl (C=O) groups excluding carboxylic acids is 1.